The summed E-state index contributed by atoms with van der Waals surface area (Å²) < 4.78 is 51.4. The van der Waals surface area contributed by atoms with Gasteiger partial charge in [0.2, 0.25) is 0 Å². The van der Waals surface area contributed by atoms with Crippen molar-refractivity contribution < 1.29 is 22.4 Å². The van der Waals surface area contributed by atoms with E-state index >= 15 is 0 Å². The molecule has 106 valence electrons. The number of benzene rings is 1. The van der Waals surface area contributed by atoms with E-state index in [-0.39, 0.29) is 6.42 Å². The summed E-state index contributed by atoms with van der Waals surface area (Å²) in [5, 5.41) is 0.787. The van der Waals surface area contributed by atoms with Crippen molar-refractivity contribution in [3.8, 4) is 0 Å². The smallest absolute Gasteiger partial charge is 0.294 e. The molecule has 0 N–H and O–H groups in total. The quantitative estimate of drug-likeness (QED) is 0.309. The standard InChI is InChI=1S/C13H13BrF4O/c14-8-3-1-2-7-11(19)9-5-4-6-10(15)12(9)13(16,17)18/h4-6H,1-3,7-8H2. The predicted octanol–water partition coefficient (Wildman–Crippen LogP) is 4.98. The summed E-state index contributed by atoms with van der Waals surface area (Å²) in [6.07, 6.45) is -2.76. The van der Waals surface area contributed by atoms with Crippen molar-refractivity contribution in [2.45, 2.75) is 31.9 Å². The molecule has 0 saturated heterocycles. The zero-order valence-electron chi connectivity index (χ0n) is 10.1. The number of ketones is 1. The SMILES string of the molecule is O=C(CCCCCBr)c1cccc(F)c1C(F)(F)F. The molecular weight excluding hydrogens is 328 g/mol. The fourth-order valence-corrected chi connectivity index (χ4v) is 2.13. The molecule has 0 atom stereocenters. The van der Waals surface area contributed by atoms with Gasteiger partial charge in [0, 0.05) is 17.3 Å². The first-order valence-corrected chi connectivity index (χ1v) is 6.95. The highest BCUT2D eigenvalue weighted by atomic mass is 79.9. The van der Waals surface area contributed by atoms with Gasteiger partial charge >= 0.3 is 6.18 Å². The number of carbonyl (C=O) groups excluding carboxylic acids is 1. The molecule has 0 aliphatic heterocycles. The average Bonchev–Trinajstić information content (AvgIpc) is 2.32. The molecule has 1 aromatic carbocycles. The lowest BCUT2D eigenvalue weighted by atomic mass is 9.99. The minimum Gasteiger partial charge on any atom is -0.294 e. The first-order chi connectivity index (χ1) is 8.88. The Bertz CT molecular complexity index is 443. The molecule has 0 spiro atoms. The molecule has 0 aliphatic carbocycles. The van der Waals surface area contributed by atoms with E-state index in [2.05, 4.69) is 15.9 Å². The van der Waals surface area contributed by atoms with Crippen LogP contribution in [0.25, 0.3) is 0 Å². The second-order valence-corrected chi connectivity index (χ2v) is 4.88. The second-order valence-electron chi connectivity index (χ2n) is 4.08. The largest absolute Gasteiger partial charge is 0.419 e. The number of carbonyl (C=O) groups is 1. The molecule has 19 heavy (non-hydrogen) atoms. The van der Waals surface area contributed by atoms with Crippen LogP contribution in [0.4, 0.5) is 17.6 Å². The third kappa shape index (κ3) is 4.60. The second kappa shape index (κ2) is 7.03. The Hall–Kier alpha value is -0.910. The summed E-state index contributed by atoms with van der Waals surface area (Å²) in [4.78, 5) is 11.7. The normalized spacial score (nSPS) is 11.6. The highest BCUT2D eigenvalue weighted by molar-refractivity contribution is 9.09. The maximum atomic E-state index is 13.3. The summed E-state index contributed by atoms with van der Waals surface area (Å²) in [5.74, 6) is -2.07. The minimum atomic E-state index is -4.85. The van der Waals surface area contributed by atoms with Crippen LogP contribution in [0.2, 0.25) is 0 Å². The van der Waals surface area contributed by atoms with Gasteiger partial charge in [-0.1, -0.05) is 34.5 Å². The van der Waals surface area contributed by atoms with E-state index in [4.69, 9.17) is 0 Å². The van der Waals surface area contributed by atoms with Gasteiger partial charge in [-0.2, -0.15) is 13.2 Å². The summed E-state index contributed by atoms with van der Waals surface area (Å²) in [6.45, 7) is 0. The van der Waals surface area contributed by atoms with Crippen molar-refractivity contribution in [3.63, 3.8) is 0 Å². The van der Waals surface area contributed by atoms with Crippen molar-refractivity contribution in [1.82, 2.24) is 0 Å². The zero-order valence-corrected chi connectivity index (χ0v) is 11.7. The maximum absolute atomic E-state index is 13.3. The number of halogens is 5. The van der Waals surface area contributed by atoms with Gasteiger partial charge in [0.25, 0.3) is 0 Å². The summed E-state index contributed by atoms with van der Waals surface area (Å²) in [5.41, 5.74) is -2.04. The maximum Gasteiger partial charge on any atom is 0.419 e. The number of alkyl halides is 4. The third-order valence-electron chi connectivity index (χ3n) is 2.63. The van der Waals surface area contributed by atoms with Crippen molar-refractivity contribution in [1.29, 1.82) is 0 Å². The molecular formula is C13H13BrF4O. The van der Waals surface area contributed by atoms with Crippen LogP contribution in [0.15, 0.2) is 18.2 Å². The van der Waals surface area contributed by atoms with E-state index < -0.39 is 28.9 Å². The lowest BCUT2D eigenvalue weighted by Crippen LogP contribution is -2.15. The minimum absolute atomic E-state index is 0.000463. The molecule has 0 amide bonds. The molecule has 1 aromatic rings. The Morgan fingerprint density at radius 2 is 1.84 bits per heavy atom. The topological polar surface area (TPSA) is 17.1 Å². The number of Topliss-reactive ketones (excluding diaryl/α,β-unsaturated/α-hetero) is 1. The first kappa shape index (κ1) is 16.1. The van der Waals surface area contributed by atoms with Crippen LogP contribution in [-0.4, -0.2) is 11.1 Å². The van der Waals surface area contributed by atoms with Crippen molar-refractivity contribution >= 4 is 21.7 Å². The molecule has 0 heterocycles. The molecule has 1 nitrogen and oxygen atoms in total. The zero-order chi connectivity index (χ0) is 14.5. The molecule has 1 rings (SSSR count). The Labute approximate surface area is 117 Å². The molecule has 0 fully saturated rings. The number of hydrogen-bond donors (Lipinski definition) is 0. The first-order valence-electron chi connectivity index (χ1n) is 5.82. The van der Waals surface area contributed by atoms with E-state index in [0.29, 0.717) is 12.5 Å². The van der Waals surface area contributed by atoms with Crippen LogP contribution in [0.3, 0.4) is 0 Å². The molecule has 0 aliphatic rings. The van der Waals surface area contributed by atoms with E-state index in [9.17, 15) is 22.4 Å². The van der Waals surface area contributed by atoms with Gasteiger partial charge in [0.15, 0.2) is 5.78 Å². The van der Waals surface area contributed by atoms with Gasteiger partial charge < -0.3 is 0 Å². The molecule has 0 aromatic heterocycles. The number of hydrogen-bond acceptors (Lipinski definition) is 1. The van der Waals surface area contributed by atoms with E-state index in [1.54, 1.807) is 0 Å². The molecule has 0 bridgehead atoms. The Morgan fingerprint density at radius 3 is 2.42 bits per heavy atom. The van der Waals surface area contributed by atoms with Crippen molar-refractivity contribution in [3.05, 3.63) is 35.1 Å². The van der Waals surface area contributed by atoms with Crippen molar-refractivity contribution in [2.24, 2.45) is 0 Å². The van der Waals surface area contributed by atoms with Crippen LogP contribution >= 0.6 is 15.9 Å². The van der Waals surface area contributed by atoms with Crippen LogP contribution in [0, 0.1) is 5.82 Å². The summed E-state index contributed by atoms with van der Waals surface area (Å²) in [6, 6.07) is 2.86. The van der Waals surface area contributed by atoms with E-state index in [1.807, 2.05) is 0 Å². The average molecular weight is 341 g/mol. The van der Waals surface area contributed by atoms with Gasteiger partial charge in [-0.25, -0.2) is 4.39 Å². The Kier molecular flexibility index (Phi) is 5.97. The summed E-state index contributed by atoms with van der Waals surface area (Å²) >= 11 is 3.23. The lowest BCUT2D eigenvalue weighted by Gasteiger charge is -2.12. The van der Waals surface area contributed by atoms with Gasteiger partial charge in [-0.3, -0.25) is 4.79 Å². The van der Waals surface area contributed by atoms with Crippen LogP contribution in [-0.2, 0) is 6.18 Å². The van der Waals surface area contributed by atoms with Crippen LogP contribution in [0.5, 0.6) is 0 Å². The highest BCUT2D eigenvalue weighted by Gasteiger charge is 2.38. The van der Waals surface area contributed by atoms with Gasteiger partial charge in [0.1, 0.15) is 11.4 Å². The third-order valence-corrected chi connectivity index (χ3v) is 3.20. The summed E-state index contributed by atoms with van der Waals surface area (Å²) in [7, 11) is 0. The lowest BCUT2D eigenvalue weighted by molar-refractivity contribution is -0.140. The predicted molar refractivity (Wildman–Crippen MR) is 68.0 cm³/mol. The van der Waals surface area contributed by atoms with Gasteiger partial charge in [0.05, 0.1) is 0 Å². The fraction of sp³-hybridized carbons (Fsp3) is 0.462. The van der Waals surface area contributed by atoms with E-state index in [0.717, 1.165) is 30.3 Å². The van der Waals surface area contributed by atoms with Crippen LogP contribution < -0.4 is 0 Å². The van der Waals surface area contributed by atoms with Gasteiger partial charge in [-0.05, 0) is 18.9 Å². The Morgan fingerprint density at radius 1 is 1.16 bits per heavy atom. The number of rotatable bonds is 6. The molecule has 6 heteroatoms. The van der Waals surface area contributed by atoms with Crippen molar-refractivity contribution in [2.75, 3.05) is 5.33 Å². The molecule has 0 radical (unpaired) electrons. The van der Waals surface area contributed by atoms with Crippen LogP contribution in [0.1, 0.15) is 41.6 Å². The Balaban J connectivity index is 2.88. The molecule has 0 saturated carbocycles. The molecule has 0 unspecified atom stereocenters. The van der Waals surface area contributed by atoms with Gasteiger partial charge in [-0.15, -0.1) is 0 Å². The number of unbranched alkanes of at least 4 members (excludes halogenated alkanes) is 2. The fourth-order valence-electron chi connectivity index (χ4n) is 1.74. The highest BCUT2D eigenvalue weighted by Crippen LogP contribution is 2.34. The van der Waals surface area contributed by atoms with E-state index in [1.165, 1.54) is 0 Å². The monoisotopic (exact) mass is 340 g/mol.